The molecule has 0 N–H and O–H groups in total. The van der Waals surface area contributed by atoms with Crippen molar-refractivity contribution in [2.45, 2.75) is 6.92 Å². The van der Waals surface area contributed by atoms with Crippen molar-refractivity contribution in [3.8, 4) is 5.88 Å². The van der Waals surface area contributed by atoms with Crippen molar-refractivity contribution < 1.29 is 9.53 Å². The molecule has 0 amide bonds. The molecule has 0 bridgehead atoms. The molecule has 0 aliphatic carbocycles. The summed E-state index contributed by atoms with van der Waals surface area (Å²) in [6.07, 6.45) is 1.61. The summed E-state index contributed by atoms with van der Waals surface area (Å²) in [7, 11) is 1.51. The summed E-state index contributed by atoms with van der Waals surface area (Å²) in [5, 5.41) is 1.91. The molecule has 0 saturated heterocycles. The van der Waals surface area contributed by atoms with Gasteiger partial charge in [0.1, 0.15) is 0 Å². The van der Waals surface area contributed by atoms with Crippen LogP contribution in [-0.2, 0) is 0 Å². The summed E-state index contributed by atoms with van der Waals surface area (Å²) in [6, 6.07) is 5.29. The fourth-order valence-corrected chi connectivity index (χ4v) is 2.19. The molecule has 0 unspecified atom stereocenters. The zero-order chi connectivity index (χ0) is 11.5. The predicted molar refractivity (Wildman–Crippen MR) is 63.3 cm³/mol. The van der Waals surface area contributed by atoms with Crippen molar-refractivity contribution in [1.29, 1.82) is 0 Å². The van der Waals surface area contributed by atoms with E-state index in [1.807, 2.05) is 18.4 Å². The van der Waals surface area contributed by atoms with Crippen LogP contribution < -0.4 is 4.74 Å². The van der Waals surface area contributed by atoms with E-state index in [9.17, 15) is 4.79 Å². The number of methoxy groups -OCH3 is 1. The molecule has 2 aromatic heterocycles. The Kier molecular flexibility index (Phi) is 3.01. The minimum Gasteiger partial charge on any atom is -0.480 e. The molecule has 0 atom stereocenters. The molecule has 2 rings (SSSR count). The molecule has 0 spiro atoms. The predicted octanol–water partition coefficient (Wildman–Crippen LogP) is 2.69. The molecule has 0 aromatic carbocycles. The number of hydrogen-bond acceptors (Lipinski definition) is 4. The van der Waals surface area contributed by atoms with E-state index in [4.69, 9.17) is 4.74 Å². The maximum atomic E-state index is 12.2. The Bertz CT molecular complexity index is 519. The van der Waals surface area contributed by atoms with Gasteiger partial charge in [-0.15, -0.1) is 11.3 Å². The second-order valence-corrected chi connectivity index (χ2v) is 4.40. The first kappa shape index (κ1) is 10.8. The number of thiophene rings is 1. The number of carbonyl (C=O) groups excluding carboxylic acids is 1. The van der Waals surface area contributed by atoms with E-state index in [-0.39, 0.29) is 5.78 Å². The lowest BCUT2D eigenvalue weighted by Crippen LogP contribution is -2.05. The van der Waals surface area contributed by atoms with E-state index in [0.29, 0.717) is 11.4 Å². The Balaban J connectivity index is 2.46. The van der Waals surface area contributed by atoms with E-state index >= 15 is 0 Å². The van der Waals surface area contributed by atoms with Crippen LogP contribution in [0.25, 0.3) is 0 Å². The molecule has 0 saturated carbocycles. The van der Waals surface area contributed by atoms with Crippen LogP contribution in [-0.4, -0.2) is 17.9 Å². The zero-order valence-corrected chi connectivity index (χ0v) is 9.88. The van der Waals surface area contributed by atoms with Gasteiger partial charge in [0.25, 0.3) is 0 Å². The molecule has 0 radical (unpaired) electrons. The van der Waals surface area contributed by atoms with Gasteiger partial charge < -0.3 is 4.74 Å². The van der Waals surface area contributed by atoms with Crippen molar-refractivity contribution in [3.05, 3.63) is 45.8 Å². The second kappa shape index (κ2) is 4.45. The number of ketones is 1. The lowest BCUT2D eigenvalue weighted by molar-refractivity contribution is 0.103. The van der Waals surface area contributed by atoms with Crippen molar-refractivity contribution in [3.63, 3.8) is 0 Å². The third-order valence-corrected chi connectivity index (χ3v) is 3.16. The number of rotatable bonds is 3. The van der Waals surface area contributed by atoms with Gasteiger partial charge in [0.2, 0.25) is 5.88 Å². The van der Waals surface area contributed by atoms with E-state index in [0.717, 1.165) is 10.4 Å². The van der Waals surface area contributed by atoms with Crippen LogP contribution >= 0.6 is 11.3 Å². The van der Waals surface area contributed by atoms with Crippen LogP contribution in [0.15, 0.2) is 29.8 Å². The van der Waals surface area contributed by atoms with Crippen molar-refractivity contribution in [1.82, 2.24) is 4.98 Å². The Hall–Kier alpha value is -1.68. The number of nitrogens with zero attached hydrogens (tertiary/aromatic N) is 1. The molecule has 16 heavy (non-hydrogen) atoms. The fourth-order valence-electron chi connectivity index (χ4n) is 1.49. The van der Waals surface area contributed by atoms with Crippen molar-refractivity contribution >= 4 is 17.1 Å². The number of ether oxygens (including phenoxy) is 1. The third kappa shape index (κ3) is 1.84. The molecule has 4 heteroatoms. The lowest BCUT2D eigenvalue weighted by Gasteiger charge is -2.05. The summed E-state index contributed by atoms with van der Waals surface area (Å²) in [6.45, 7) is 1.93. The monoisotopic (exact) mass is 233 g/mol. The quantitative estimate of drug-likeness (QED) is 0.765. The third-order valence-electron chi connectivity index (χ3n) is 2.31. The average Bonchev–Trinajstić information content (AvgIpc) is 2.74. The molecular weight excluding hydrogens is 222 g/mol. The van der Waals surface area contributed by atoms with Gasteiger partial charge in [-0.1, -0.05) is 0 Å². The first-order valence-corrected chi connectivity index (χ1v) is 5.70. The van der Waals surface area contributed by atoms with Gasteiger partial charge in [0, 0.05) is 16.6 Å². The maximum absolute atomic E-state index is 12.2. The van der Waals surface area contributed by atoms with Gasteiger partial charge in [-0.2, -0.15) is 0 Å². The number of aromatic nitrogens is 1. The van der Waals surface area contributed by atoms with Gasteiger partial charge in [-0.25, -0.2) is 4.98 Å². The number of carbonyl (C=O) groups is 1. The van der Waals surface area contributed by atoms with E-state index in [1.165, 1.54) is 7.11 Å². The molecule has 2 heterocycles. The Morgan fingerprint density at radius 3 is 2.81 bits per heavy atom. The SMILES string of the molecule is COc1ncccc1C(=O)c1ccsc1C. The molecule has 0 aliphatic heterocycles. The topological polar surface area (TPSA) is 39.2 Å². The van der Waals surface area contributed by atoms with E-state index < -0.39 is 0 Å². The van der Waals surface area contributed by atoms with Gasteiger partial charge in [-0.05, 0) is 30.5 Å². The van der Waals surface area contributed by atoms with Crippen LogP contribution in [0.4, 0.5) is 0 Å². The van der Waals surface area contributed by atoms with Gasteiger partial charge in [-0.3, -0.25) is 4.79 Å². The highest BCUT2D eigenvalue weighted by atomic mass is 32.1. The van der Waals surface area contributed by atoms with Gasteiger partial charge >= 0.3 is 0 Å². The minimum absolute atomic E-state index is 0.0382. The lowest BCUT2D eigenvalue weighted by atomic mass is 10.1. The molecular formula is C12H11NO2S. The number of aryl methyl sites for hydroxylation is 1. The van der Waals surface area contributed by atoms with E-state index in [1.54, 1.807) is 29.7 Å². The molecule has 3 nitrogen and oxygen atoms in total. The summed E-state index contributed by atoms with van der Waals surface area (Å²) in [5.41, 5.74) is 1.22. The highest BCUT2D eigenvalue weighted by Gasteiger charge is 2.17. The Morgan fingerprint density at radius 2 is 2.19 bits per heavy atom. The van der Waals surface area contributed by atoms with Gasteiger partial charge in [0.15, 0.2) is 5.78 Å². The van der Waals surface area contributed by atoms with E-state index in [2.05, 4.69) is 4.98 Å². The highest BCUT2D eigenvalue weighted by Crippen LogP contribution is 2.23. The van der Waals surface area contributed by atoms with Crippen LogP contribution in [0.1, 0.15) is 20.8 Å². The van der Waals surface area contributed by atoms with Crippen molar-refractivity contribution in [2.24, 2.45) is 0 Å². The van der Waals surface area contributed by atoms with Crippen LogP contribution in [0.2, 0.25) is 0 Å². The summed E-state index contributed by atoms with van der Waals surface area (Å²) < 4.78 is 5.08. The molecule has 0 fully saturated rings. The van der Waals surface area contributed by atoms with Gasteiger partial charge in [0.05, 0.1) is 12.7 Å². The largest absolute Gasteiger partial charge is 0.480 e. The van der Waals surface area contributed by atoms with Crippen LogP contribution in [0, 0.1) is 6.92 Å². The standard InChI is InChI=1S/C12H11NO2S/c1-8-9(5-7-16-8)11(14)10-4-3-6-13-12(10)15-2/h3-7H,1-2H3. The Labute approximate surface area is 97.7 Å². The Morgan fingerprint density at radius 1 is 1.38 bits per heavy atom. The molecule has 2 aromatic rings. The summed E-state index contributed by atoms with van der Waals surface area (Å²) >= 11 is 1.56. The van der Waals surface area contributed by atoms with Crippen LogP contribution in [0.3, 0.4) is 0 Å². The normalized spacial score (nSPS) is 10.1. The second-order valence-electron chi connectivity index (χ2n) is 3.28. The maximum Gasteiger partial charge on any atom is 0.224 e. The smallest absolute Gasteiger partial charge is 0.224 e. The molecule has 82 valence electrons. The minimum atomic E-state index is -0.0382. The van der Waals surface area contributed by atoms with Crippen LogP contribution in [0.5, 0.6) is 5.88 Å². The van der Waals surface area contributed by atoms with Crippen molar-refractivity contribution in [2.75, 3.05) is 7.11 Å². The fraction of sp³-hybridized carbons (Fsp3) is 0.167. The zero-order valence-electron chi connectivity index (χ0n) is 9.06. The summed E-state index contributed by atoms with van der Waals surface area (Å²) in [5.74, 6) is 0.335. The average molecular weight is 233 g/mol. The highest BCUT2D eigenvalue weighted by molar-refractivity contribution is 7.10. The number of pyridine rings is 1. The number of hydrogen-bond donors (Lipinski definition) is 0. The first-order chi connectivity index (χ1) is 7.74. The molecule has 0 aliphatic rings. The summed E-state index contributed by atoms with van der Waals surface area (Å²) in [4.78, 5) is 17.2. The first-order valence-electron chi connectivity index (χ1n) is 4.82.